The number of para-hydroxylation sites is 1. The molecular formula is C10H10N2. The van der Waals surface area contributed by atoms with E-state index >= 15 is 0 Å². The fourth-order valence-corrected chi connectivity index (χ4v) is 1.38. The molecule has 0 saturated carbocycles. The molecule has 0 radical (unpaired) electrons. The second-order valence-electron chi connectivity index (χ2n) is 2.87. The van der Waals surface area contributed by atoms with Crippen LogP contribution in [0.25, 0.3) is 10.9 Å². The zero-order valence-electron chi connectivity index (χ0n) is 7.20. The second kappa shape index (κ2) is 2.55. The van der Waals surface area contributed by atoms with Crippen molar-refractivity contribution in [1.29, 1.82) is 0 Å². The first-order chi connectivity index (χ1) is 5.77. The maximum absolute atomic E-state index is 4.33. The Balaban J connectivity index is 2.89. The molecule has 0 saturated heterocycles. The molecule has 1 heterocycles. The van der Waals surface area contributed by atoms with Crippen molar-refractivity contribution in [3.8, 4) is 0 Å². The maximum Gasteiger partial charge on any atom is 0.126 e. The topological polar surface area (TPSA) is 25.8 Å². The van der Waals surface area contributed by atoms with Gasteiger partial charge in [-0.15, -0.1) is 0 Å². The molecule has 60 valence electrons. The molecule has 12 heavy (non-hydrogen) atoms. The second-order valence-corrected chi connectivity index (χ2v) is 2.87. The van der Waals surface area contributed by atoms with Gasteiger partial charge in [0.2, 0.25) is 0 Å². The molecule has 0 aliphatic rings. The number of rotatable bonds is 0. The maximum atomic E-state index is 4.33. The first kappa shape index (κ1) is 7.22. The lowest BCUT2D eigenvalue weighted by molar-refractivity contribution is 1.05. The van der Waals surface area contributed by atoms with E-state index in [-0.39, 0.29) is 0 Å². The fourth-order valence-electron chi connectivity index (χ4n) is 1.38. The predicted molar refractivity (Wildman–Crippen MR) is 49.0 cm³/mol. The molecule has 0 spiro atoms. The van der Waals surface area contributed by atoms with Crippen molar-refractivity contribution in [3.05, 3.63) is 35.8 Å². The van der Waals surface area contributed by atoms with E-state index in [0.717, 1.165) is 22.4 Å². The number of hydrogen-bond donors (Lipinski definition) is 0. The highest BCUT2D eigenvalue weighted by Gasteiger charge is 1.98. The molecule has 0 amide bonds. The van der Waals surface area contributed by atoms with Crippen LogP contribution >= 0.6 is 0 Å². The van der Waals surface area contributed by atoms with Crippen molar-refractivity contribution in [2.24, 2.45) is 0 Å². The van der Waals surface area contributed by atoms with Gasteiger partial charge in [0.15, 0.2) is 0 Å². The summed E-state index contributed by atoms with van der Waals surface area (Å²) in [6.45, 7) is 3.93. The summed E-state index contributed by atoms with van der Waals surface area (Å²) in [5.74, 6) is 0.839. The molecule has 1 aromatic carbocycles. The highest BCUT2D eigenvalue weighted by molar-refractivity contribution is 5.80. The molecule has 1 aromatic heterocycles. The summed E-state index contributed by atoms with van der Waals surface area (Å²) in [6, 6.07) is 8.06. The van der Waals surface area contributed by atoms with E-state index in [0.29, 0.717) is 0 Å². The van der Waals surface area contributed by atoms with Gasteiger partial charge in [0.05, 0.1) is 5.52 Å². The third-order valence-corrected chi connectivity index (χ3v) is 1.91. The van der Waals surface area contributed by atoms with Gasteiger partial charge in [-0.2, -0.15) is 0 Å². The van der Waals surface area contributed by atoms with Gasteiger partial charge in [0.1, 0.15) is 5.82 Å². The molecule has 0 aliphatic heterocycles. The molecule has 0 atom stereocenters. The lowest BCUT2D eigenvalue weighted by Crippen LogP contribution is -1.92. The molecule has 0 bridgehead atoms. The molecule has 0 N–H and O–H groups in total. The van der Waals surface area contributed by atoms with Crippen molar-refractivity contribution in [2.75, 3.05) is 0 Å². The number of benzene rings is 1. The van der Waals surface area contributed by atoms with Crippen LogP contribution in [0.5, 0.6) is 0 Å². The largest absolute Gasteiger partial charge is 0.238 e. The smallest absolute Gasteiger partial charge is 0.126 e. The molecule has 2 rings (SSSR count). The fraction of sp³-hybridized carbons (Fsp3) is 0.200. The van der Waals surface area contributed by atoms with E-state index in [4.69, 9.17) is 0 Å². The first-order valence-corrected chi connectivity index (χ1v) is 3.97. The van der Waals surface area contributed by atoms with Crippen molar-refractivity contribution in [2.45, 2.75) is 13.8 Å². The van der Waals surface area contributed by atoms with E-state index in [1.807, 2.05) is 38.1 Å². The van der Waals surface area contributed by atoms with E-state index in [9.17, 15) is 0 Å². The Morgan fingerprint density at radius 3 is 2.58 bits per heavy atom. The predicted octanol–water partition coefficient (Wildman–Crippen LogP) is 2.25. The van der Waals surface area contributed by atoms with Crippen LogP contribution < -0.4 is 0 Å². The number of hydrogen-bond acceptors (Lipinski definition) is 2. The summed E-state index contributed by atoms with van der Waals surface area (Å²) in [6.07, 6.45) is 0. The van der Waals surface area contributed by atoms with Crippen molar-refractivity contribution < 1.29 is 0 Å². The zero-order valence-corrected chi connectivity index (χ0v) is 7.20. The van der Waals surface area contributed by atoms with Crippen LogP contribution in [0.2, 0.25) is 0 Å². The first-order valence-electron chi connectivity index (χ1n) is 3.97. The van der Waals surface area contributed by atoms with Gasteiger partial charge in [0.25, 0.3) is 0 Å². The van der Waals surface area contributed by atoms with Crippen molar-refractivity contribution in [1.82, 2.24) is 9.97 Å². The lowest BCUT2D eigenvalue weighted by Gasteiger charge is -2.00. The van der Waals surface area contributed by atoms with E-state index in [2.05, 4.69) is 9.97 Å². The normalized spacial score (nSPS) is 10.5. The van der Waals surface area contributed by atoms with Gasteiger partial charge in [0, 0.05) is 11.1 Å². The summed E-state index contributed by atoms with van der Waals surface area (Å²) in [4.78, 5) is 8.62. The highest BCUT2D eigenvalue weighted by atomic mass is 14.9. The molecule has 0 fully saturated rings. The minimum atomic E-state index is 0.839. The molecule has 0 unspecified atom stereocenters. The Bertz CT molecular complexity index is 421. The Hall–Kier alpha value is -1.44. The lowest BCUT2D eigenvalue weighted by atomic mass is 10.2. The summed E-state index contributed by atoms with van der Waals surface area (Å²) in [7, 11) is 0. The highest BCUT2D eigenvalue weighted by Crippen LogP contribution is 2.13. The van der Waals surface area contributed by atoms with E-state index in [1.54, 1.807) is 0 Å². The van der Waals surface area contributed by atoms with Gasteiger partial charge in [-0.05, 0) is 19.9 Å². The SMILES string of the molecule is Cc1nc(C)c2ccccc2n1. The van der Waals surface area contributed by atoms with Crippen LogP contribution in [0.4, 0.5) is 0 Å². The average molecular weight is 158 g/mol. The van der Waals surface area contributed by atoms with Crippen LogP contribution in [0.1, 0.15) is 11.5 Å². The van der Waals surface area contributed by atoms with Gasteiger partial charge in [-0.25, -0.2) is 9.97 Å². The third kappa shape index (κ3) is 1.05. The molecule has 2 aromatic rings. The van der Waals surface area contributed by atoms with Gasteiger partial charge in [-0.3, -0.25) is 0 Å². The van der Waals surface area contributed by atoms with Gasteiger partial charge in [-0.1, -0.05) is 18.2 Å². The number of aromatic nitrogens is 2. The Morgan fingerprint density at radius 1 is 1.00 bits per heavy atom. The summed E-state index contributed by atoms with van der Waals surface area (Å²) in [5, 5.41) is 1.14. The third-order valence-electron chi connectivity index (χ3n) is 1.91. The summed E-state index contributed by atoms with van der Waals surface area (Å²) < 4.78 is 0. The monoisotopic (exact) mass is 158 g/mol. The van der Waals surface area contributed by atoms with E-state index < -0.39 is 0 Å². The number of nitrogens with zero attached hydrogens (tertiary/aromatic N) is 2. The summed E-state index contributed by atoms with van der Waals surface area (Å²) >= 11 is 0. The van der Waals surface area contributed by atoms with Crippen molar-refractivity contribution in [3.63, 3.8) is 0 Å². The van der Waals surface area contributed by atoms with Crippen LogP contribution in [0.3, 0.4) is 0 Å². The minimum Gasteiger partial charge on any atom is -0.238 e. The molecule has 2 heteroatoms. The summed E-state index contributed by atoms with van der Waals surface area (Å²) in [5.41, 5.74) is 2.08. The zero-order chi connectivity index (χ0) is 8.55. The van der Waals surface area contributed by atoms with Gasteiger partial charge >= 0.3 is 0 Å². The quantitative estimate of drug-likeness (QED) is 0.587. The van der Waals surface area contributed by atoms with Crippen LogP contribution in [-0.4, -0.2) is 9.97 Å². The number of aryl methyl sites for hydroxylation is 2. The van der Waals surface area contributed by atoms with Crippen molar-refractivity contribution >= 4 is 10.9 Å². The minimum absolute atomic E-state index is 0.839. The molecule has 0 aliphatic carbocycles. The van der Waals surface area contributed by atoms with Gasteiger partial charge < -0.3 is 0 Å². The number of fused-ring (bicyclic) bond motifs is 1. The standard InChI is InChI=1S/C10H10N2/c1-7-9-5-3-4-6-10(9)12-8(2)11-7/h3-6H,1-2H3. The average Bonchev–Trinajstić information content (AvgIpc) is 2.04. The molecular weight excluding hydrogens is 148 g/mol. The van der Waals surface area contributed by atoms with E-state index in [1.165, 1.54) is 0 Å². The Morgan fingerprint density at radius 2 is 1.75 bits per heavy atom. The Labute approximate surface area is 71.3 Å². The van der Waals surface area contributed by atoms with Crippen LogP contribution in [0, 0.1) is 13.8 Å². The Kier molecular flexibility index (Phi) is 1.54. The van der Waals surface area contributed by atoms with Crippen LogP contribution in [0.15, 0.2) is 24.3 Å². The molecule has 2 nitrogen and oxygen atoms in total. The van der Waals surface area contributed by atoms with Crippen LogP contribution in [-0.2, 0) is 0 Å².